The van der Waals surface area contributed by atoms with Gasteiger partial charge < -0.3 is 14.2 Å². The Bertz CT molecular complexity index is 1860. The summed E-state index contributed by atoms with van der Waals surface area (Å²) in [4.78, 5) is 38.4. The van der Waals surface area contributed by atoms with Crippen LogP contribution in [0.25, 0.3) is 0 Å². The Morgan fingerprint density at radius 2 is 0.481 bits per heavy atom. The van der Waals surface area contributed by atoms with Gasteiger partial charge in [0.1, 0.15) is 13.2 Å². The van der Waals surface area contributed by atoms with E-state index in [1.807, 2.05) is 0 Å². The van der Waals surface area contributed by atoms with Gasteiger partial charge in [-0.3, -0.25) is 14.4 Å². The zero-order valence-corrected chi connectivity index (χ0v) is 52.0. The number of hydrogen-bond acceptors (Lipinski definition) is 6. The normalized spacial score (nSPS) is 13.3. The second-order valence-electron chi connectivity index (χ2n) is 20.9. The number of hydrogen-bond donors (Lipinski definition) is 0. The fourth-order valence-electron chi connectivity index (χ4n) is 8.36. The summed E-state index contributed by atoms with van der Waals surface area (Å²) >= 11 is 0. The minimum atomic E-state index is -0.819. The first-order chi connectivity index (χ1) is 40.0. The highest BCUT2D eigenvalue weighted by molar-refractivity contribution is 5.71. The van der Waals surface area contributed by atoms with Crippen LogP contribution in [0.15, 0.2) is 170 Å². The van der Waals surface area contributed by atoms with Crippen molar-refractivity contribution in [3.63, 3.8) is 0 Å². The monoisotopic (exact) mass is 1110 g/mol. The van der Waals surface area contributed by atoms with Crippen LogP contribution in [0, 0.1) is 0 Å². The van der Waals surface area contributed by atoms with Crippen molar-refractivity contribution in [3.05, 3.63) is 170 Å². The Kier molecular flexibility index (Phi) is 62.9. The molecule has 6 heteroatoms. The molecule has 0 saturated carbocycles. The van der Waals surface area contributed by atoms with Gasteiger partial charge in [0.05, 0.1) is 0 Å². The summed E-state index contributed by atoms with van der Waals surface area (Å²) in [6.07, 6.45) is 99.2. The number of unbranched alkanes of at least 4 members (excludes halogenated alkanes) is 18. The quantitative estimate of drug-likeness (QED) is 0.0261. The number of carbonyl (C=O) groups is 3. The van der Waals surface area contributed by atoms with Gasteiger partial charge in [0.2, 0.25) is 0 Å². The first-order valence-corrected chi connectivity index (χ1v) is 32.6. The maximum Gasteiger partial charge on any atom is 0.306 e. The molecule has 81 heavy (non-hydrogen) atoms. The molecule has 0 bridgehead atoms. The Balaban J connectivity index is 4.51. The highest BCUT2D eigenvalue weighted by atomic mass is 16.6. The van der Waals surface area contributed by atoms with Crippen LogP contribution in [0.4, 0.5) is 0 Å². The van der Waals surface area contributed by atoms with Crippen molar-refractivity contribution in [2.45, 2.75) is 271 Å². The Hall–Kier alpha value is -5.23. The average molecular weight is 1120 g/mol. The van der Waals surface area contributed by atoms with E-state index < -0.39 is 6.10 Å². The van der Waals surface area contributed by atoms with Crippen molar-refractivity contribution >= 4 is 17.9 Å². The molecule has 1 atom stereocenters. The van der Waals surface area contributed by atoms with Gasteiger partial charge in [-0.25, -0.2) is 0 Å². The van der Waals surface area contributed by atoms with Gasteiger partial charge in [-0.05, 0) is 154 Å². The third kappa shape index (κ3) is 65.5. The molecule has 454 valence electrons. The molecule has 0 fully saturated rings. The molecule has 0 aromatic rings. The van der Waals surface area contributed by atoms with E-state index in [-0.39, 0.29) is 37.5 Å². The fraction of sp³-hybridized carbons (Fsp3) is 0.587. The largest absolute Gasteiger partial charge is 0.462 e. The van der Waals surface area contributed by atoms with Crippen molar-refractivity contribution in [3.8, 4) is 0 Å². The molecule has 1 unspecified atom stereocenters. The third-order valence-corrected chi connectivity index (χ3v) is 13.2. The van der Waals surface area contributed by atoms with E-state index in [1.54, 1.807) is 0 Å². The summed E-state index contributed by atoms with van der Waals surface area (Å²) in [7, 11) is 0. The molecular formula is C75H118O6. The number of allylic oxidation sites excluding steroid dienone is 28. The molecule has 0 amide bonds. The summed E-state index contributed by atoms with van der Waals surface area (Å²) in [6, 6.07) is 0. The second-order valence-corrected chi connectivity index (χ2v) is 20.9. The van der Waals surface area contributed by atoms with Crippen LogP contribution in [0.1, 0.15) is 265 Å². The highest BCUT2D eigenvalue weighted by Gasteiger charge is 2.19. The Labute approximate surface area is 498 Å². The van der Waals surface area contributed by atoms with Crippen LogP contribution in [-0.4, -0.2) is 37.2 Å². The second kappa shape index (κ2) is 67.3. The summed E-state index contributed by atoms with van der Waals surface area (Å²) in [5, 5.41) is 0. The number of ether oxygens (including phenoxy) is 3. The minimum absolute atomic E-state index is 0.110. The van der Waals surface area contributed by atoms with E-state index in [4.69, 9.17) is 14.2 Å². The smallest absolute Gasteiger partial charge is 0.306 e. The lowest BCUT2D eigenvalue weighted by molar-refractivity contribution is -0.167. The van der Waals surface area contributed by atoms with E-state index in [2.05, 4.69) is 191 Å². The molecule has 0 radical (unpaired) electrons. The van der Waals surface area contributed by atoms with E-state index >= 15 is 0 Å². The Morgan fingerprint density at radius 1 is 0.259 bits per heavy atom. The minimum Gasteiger partial charge on any atom is -0.462 e. The first kappa shape index (κ1) is 75.8. The lowest BCUT2D eigenvalue weighted by Gasteiger charge is -2.18. The number of carbonyl (C=O) groups excluding carboxylic acids is 3. The van der Waals surface area contributed by atoms with Crippen LogP contribution in [0.2, 0.25) is 0 Å². The van der Waals surface area contributed by atoms with Crippen LogP contribution in [0.5, 0.6) is 0 Å². The van der Waals surface area contributed by atoms with E-state index in [0.29, 0.717) is 19.3 Å². The Morgan fingerprint density at radius 3 is 0.765 bits per heavy atom. The predicted molar refractivity (Wildman–Crippen MR) is 352 cm³/mol. The van der Waals surface area contributed by atoms with Crippen molar-refractivity contribution in [1.82, 2.24) is 0 Å². The van der Waals surface area contributed by atoms with Gasteiger partial charge in [-0.15, -0.1) is 0 Å². The molecule has 0 heterocycles. The summed E-state index contributed by atoms with van der Waals surface area (Å²) < 4.78 is 16.9. The lowest BCUT2D eigenvalue weighted by Crippen LogP contribution is -2.30. The number of rotatable bonds is 57. The standard InChI is InChI=1S/C75H118O6/c1-4-7-10-13-16-19-22-25-28-31-33-34-35-36-37-38-39-40-42-44-47-50-53-56-59-62-65-68-74(77)80-71-72(70-79-73(76)67-64-61-58-55-52-49-46-43-30-27-24-21-18-15-12-9-6-3)81-75(78)69-66-63-60-57-54-51-48-45-41-32-29-26-23-20-17-14-11-8-5-2/h7-8,10-11,16-21,25-30,33-34,36-37,39-41,44-45,47,51,54,72H,4-6,9,12-15,22-24,31-32,35,38,42-43,46,48-50,52-53,55-71H2,1-3H3/b10-7-,11-8-,19-16-,20-17-,21-18-,28-25-,29-26-,30-27-,34-33-,37-36-,40-39-,45-41-,47-44-,54-51-. The van der Waals surface area contributed by atoms with Crippen LogP contribution in [0.3, 0.4) is 0 Å². The molecular weight excluding hydrogens is 997 g/mol. The van der Waals surface area contributed by atoms with Gasteiger partial charge in [-0.2, -0.15) is 0 Å². The van der Waals surface area contributed by atoms with E-state index in [9.17, 15) is 14.4 Å². The first-order valence-electron chi connectivity index (χ1n) is 32.6. The summed E-state index contributed by atoms with van der Waals surface area (Å²) in [5.41, 5.74) is 0. The van der Waals surface area contributed by atoms with E-state index in [0.717, 1.165) is 167 Å². The van der Waals surface area contributed by atoms with Crippen LogP contribution >= 0.6 is 0 Å². The zero-order valence-electron chi connectivity index (χ0n) is 52.0. The van der Waals surface area contributed by atoms with Gasteiger partial charge in [-0.1, -0.05) is 262 Å². The van der Waals surface area contributed by atoms with Crippen molar-refractivity contribution in [1.29, 1.82) is 0 Å². The van der Waals surface area contributed by atoms with Crippen LogP contribution < -0.4 is 0 Å². The molecule has 0 N–H and O–H groups in total. The van der Waals surface area contributed by atoms with Gasteiger partial charge in [0.25, 0.3) is 0 Å². The van der Waals surface area contributed by atoms with Gasteiger partial charge in [0.15, 0.2) is 6.10 Å². The molecule has 0 spiro atoms. The van der Waals surface area contributed by atoms with Gasteiger partial charge in [0, 0.05) is 19.3 Å². The molecule has 0 aromatic heterocycles. The average Bonchev–Trinajstić information content (AvgIpc) is 3.47. The maximum absolute atomic E-state index is 12.9. The molecule has 6 nitrogen and oxygen atoms in total. The molecule has 0 aliphatic rings. The molecule has 0 aliphatic carbocycles. The predicted octanol–water partition coefficient (Wildman–Crippen LogP) is 22.7. The maximum atomic E-state index is 12.9. The third-order valence-electron chi connectivity index (χ3n) is 13.2. The fourth-order valence-corrected chi connectivity index (χ4v) is 8.36. The van der Waals surface area contributed by atoms with E-state index in [1.165, 1.54) is 51.4 Å². The van der Waals surface area contributed by atoms with Crippen LogP contribution in [-0.2, 0) is 28.6 Å². The summed E-state index contributed by atoms with van der Waals surface area (Å²) in [5.74, 6) is -0.973. The SMILES string of the molecule is CC/C=C\C/C=C\C/C=C\C/C=C\C/C=C\C/C=C\C/C=C\CCCCCCCC(=O)OCC(COC(=O)CCCCCCCCC/C=C\C/C=C\CCCCC)OC(=O)CCCCC/C=C\C/C=C\C/C=C\C/C=C\C/C=C\CC. The van der Waals surface area contributed by atoms with Crippen molar-refractivity contribution in [2.75, 3.05) is 13.2 Å². The highest BCUT2D eigenvalue weighted by Crippen LogP contribution is 2.14. The lowest BCUT2D eigenvalue weighted by atomic mass is 10.1. The van der Waals surface area contributed by atoms with Gasteiger partial charge >= 0.3 is 17.9 Å². The zero-order chi connectivity index (χ0) is 58.5. The number of esters is 3. The summed E-state index contributed by atoms with van der Waals surface area (Å²) in [6.45, 7) is 6.33. The molecule has 0 saturated heterocycles. The molecule has 0 aliphatic heterocycles. The molecule has 0 aromatic carbocycles. The van der Waals surface area contributed by atoms with Crippen molar-refractivity contribution < 1.29 is 28.6 Å². The van der Waals surface area contributed by atoms with Crippen molar-refractivity contribution in [2.24, 2.45) is 0 Å². The topological polar surface area (TPSA) is 78.9 Å². The molecule has 0 rings (SSSR count).